The summed E-state index contributed by atoms with van der Waals surface area (Å²) in [7, 11) is 0. The van der Waals surface area contributed by atoms with Crippen LogP contribution in [0.5, 0.6) is 0 Å². The lowest BCUT2D eigenvalue weighted by atomic mass is 9.80. The normalized spacial score (nSPS) is 22.6. The van der Waals surface area contributed by atoms with Gasteiger partial charge in [0.1, 0.15) is 0 Å². The van der Waals surface area contributed by atoms with Crippen LogP contribution in [0.1, 0.15) is 42.7 Å². The highest BCUT2D eigenvalue weighted by atomic mass is 14.9. The van der Waals surface area contributed by atoms with Gasteiger partial charge < -0.3 is 5.32 Å². The van der Waals surface area contributed by atoms with Gasteiger partial charge in [0.2, 0.25) is 0 Å². The maximum absolute atomic E-state index is 3.79. The number of rotatable bonds is 4. The first-order valence-electron chi connectivity index (χ1n) is 7.76. The Morgan fingerprint density at radius 1 is 0.800 bits per heavy atom. The number of nitrogens with one attached hydrogen (secondary N) is 1. The van der Waals surface area contributed by atoms with Gasteiger partial charge >= 0.3 is 0 Å². The smallest absolute Gasteiger partial charge is 0.0208 e. The first kappa shape index (κ1) is 13.4. The van der Waals surface area contributed by atoms with Crippen molar-refractivity contribution in [2.45, 2.75) is 44.2 Å². The van der Waals surface area contributed by atoms with E-state index in [0.717, 1.165) is 6.54 Å². The molecule has 20 heavy (non-hydrogen) atoms. The fraction of sp³-hybridized carbons (Fsp3) is 0.368. The average molecular weight is 265 g/mol. The van der Waals surface area contributed by atoms with E-state index in [-0.39, 0.29) is 0 Å². The molecule has 0 aliphatic heterocycles. The molecule has 0 saturated heterocycles. The quantitative estimate of drug-likeness (QED) is 0.858. The maximum atomic E-state index is 3.79. The topological polar surface area (TPSA) is 12.0 Å². The minimum Gasteiger partial charge on any atom is -0.309 e. The number of hydrogen-bond donors (Lipinski definition) is 1. The Balaban J connectivity index is 1.67. The molecule has 0 radical (unpaired) electrons. The predicted molar refractivity (Wildman–Crippen MR) is 84.7 cm³/mol. The molecule has 0 amide bonds. The van der Waals surface area contributed by atoms with Crippen LogP contribution in [0, 0.1) is 0 Å². The van der Waals surface area contributed by atoms with E-state index in [1.54, 1.807) is 0 Å². The molecule has 1 nitrogen and oxygen atoms in total. The lowest BCUT2D eigenvalue weighted by Gasteiger charge is -2.33. The minimum atomic E-state index is 0.617. The molecule has 2 atom stereocenters. The van der Waals surface area contributed by atoms with Crippen molar-refractivity contribution in [3.05, 3.63) is 71.8 Å². The van der Waals surface area contributed by atoms with Crippen LogP contribution in [0.25, 0.3) is 0 Å². The summed E-state index contributed by atoms with van der Waals surface area (Å²) in [6.07, 6.45) is 5.34. The molecule has 1 saturated carbocycles. The average Bonchev–Trinajstić information content (AvgIpc) is 2.55. The van der Waals surface area contributed by atoms with Gasteiger partial charge in [-0.25, -0.2) is 0 Å². The van der Waals surface area contributed by atoms with Gasteiger partial charge in [-0.1, -0.05) is 73.5 Å². The Morgan fingerprint density at radius 3 is 2.20 bits per heavy atom. The molecule has 0 aromatic heterocycles. The molecule has 104 valence electrons. The van der Waals surface area contributed by atoms with Crippen LogP contribution >= 0.6 is 0 Å². The molecule has 1 aliphatic rings. The van der Waals surface area contributed by atoms with Gasteiger partial charge in [0.25, 0.3) is 0 Å². The zero-order valence-electron chi connectivity index (χ0n) is 12.0. The van der Waals surface area contributed by atoms with Gasteiger partial charge in [-0.05, 0) is 29.9 Å². The molecule has 2 aromatic rings. The van der Waals surface area contributed by atoms with Crippen LogP contribution in [0.15, 0.2) is 60.7 Å². The fourth-order valence-electron chi connectivity index (χ4n) is 3.32. The van der Waals surface area contributed by atoms with Crippen molar-refractivity contribution in [3.8, 4) is 0 Å². The van der Waals surface area contributed by atoms with Gasteiger partial charge in [0.05, 0.1) is 0 Å². The first-order chi connectivity index (χ1) is 9.93. The summed E-state index contributed by atoms with van der Waals surface area (Å²) >= 11 is 0. The van der Waals surface area contributed by atoms with Crippen LogP contribution in [0.2, 0.25) is 0 Å². The summed E-state index contributed by atoms with van der Waals surface area (Å²) in [6, 6.07) is 22.3. The third-order valence-corrected chi connectivity index (χ3v) is 4.40. The van der Waals surface area contributed by atoms with E-state index in [0.29, 0.717) is 12.0 Å². The Labute approximate surface area is 122 Å². The van der Waals surface area contributed by atoms with Crippen LogP contribution in [0.4, 0.5) is 0 Å². The Kier molecular flexibility index (Phi) is 4.49. The van der Waals surface area contributed by atoms with Crippen LogP contribution in [0.3, 0.4) is 0 Å². The highest BCUT2D eigenvalue weighted by molar-refractivity contribution is 5.22. The van der Waals surface area contributed by atoms with Crippen LogP contribution in [-0.4, -0.2) is 6.04 Å². The summed E-state index contributed by atoms with van der Waals surface area (Å²) in [5.74, 6) is 0.675. The van der Waals surface area contributed by atoms with Crippen molar-refractivity contribution < 1.29 is 0 Å². The van der Waals surface area contributed by atoms with Gasteiger partial charge in [-0.3, -0.25) is 0 Å². The summed E-state index contributed by atoms with van der Waals surface area (Å²) in [5, 5.41) is 3.79. The van der Waals surface area contributed by atoms with Gasteiger partial charge in [-0.15, -0.1) is 0 Å². The van der Waals surface area contributed by atoms with Gasteiger partial charge in [0, 0.05) is 12.6 Å². The van der Waals surface area contributed by atoms with Crippen molar-refractivity contribution in [2.24, 2.45) is 0 Å². The third kappa shape index (κ3) is 3.29. The van der Waals surface area contributed by atoms with Crippen molar-refractivity contribution in [1.29, 1.82) is 0 Å². The molecule has 1 aliphatic carbocycles. The number of hydrogen-bond acceptors (Lipinski definition) is 1. The molecule has 0 heterocycles. The second-order valence-corrected chi connectivity index (χ2v) is 5.77. The molecule has 0 spiro atoms. The molecule has 2 aromatic carbocycles. The Bertz CT molecular complexity index is 506. The highest BCUT2D eigenvalue weighted by Gasteiger charge is 2.25. The van der Waals surface area contributed by atoms with E-state index in [2.05, 4.69) is 66.0 Å². The number of benzene rings is 2. The minimum absolute atomic E-state index is 0.617. The monoisotopic (exact) mass is 265 g/mol. The molecular weight excluding hydrogens is 242 g/mol. The first-order valence-corrected chi connectivity index (χ1v) is 7.76. The lowest BCUT2D eigenvalue weighted by molar-refractivity contribution is 0.326. The summed E-state index contributed by atoms with van der Waals surface area (Å²) < 4.78 is 0. The molecule has 0 unspecified atom stereocenters. The lowest BCUT2D eigenvalue weighted by Crippen LogP contribution is -2.36. The van der Waals surface area contributed by atoms with Crippen molar-refractivity contribution in [2.75, 3.05) is 0 Å². The van der Waals surface area contributed by atoms with Gasteiger partial charge in [0.15, 0.2) is 0 Å². The van der Waals surface area contributed by atoms with Crippen LogP contribution < -0.4 is 5.32 Å². The summed E-state index contributed by atoms with van der Waals surface area (Å²) in [5.41, 5.74) is 2.88. The van der Waals surface area contributed by atoms with Crippen molar-refractivity contribution >= 4 is 0 Å². The van der Waals surface area contributed by atoms with E-state index >= 15 is 0 Å². The summed E-state index contributed by atoms with van der Waals surface area (Å²) in [4.78, 5) is 0. The zero-order valence-corrected chi connectivity index (χ0v) is 12.0. The molecule has 1 fully saturated rings. The van der Waals surface area contributed by atoms with E-state index in [1.807, 2.05) is 0 Å². The maximum Gasteiger partial charge on any atom is 0.0208 e. The van der Waals surface area contributed by atoms with Crippen molar-refractivity contribution in [3.63, 3.8) is 0 Å². The molecule has 0 bridgehead atoms. The molecule has 3 rings (SSSR count). The predicted octanol–water partition coefficient (Wildman–Crippen LogP) is 4.50. The highest BCUT2D eigenvalue weighted by Crippen LogP contribution is 2.33. The largest absolute Gasteiger partial charge is 0.309 e. The van der Waals surface area contributed by atoms with E-state index in [9.17, 15) is 0 Å². The molecular formula is C19H23N. The van der Waals surface area contributed by atoms with E-state index < -0.39 is 0 Å². The molecule has 1 heteroatoms. The van der Waals surface area contributed by atoms with E-state index in [4.69, 9.17) is 0 Å². The second kappa shape index (κ2) is 6.71. The SMILES string of the molecule is c1ccc(CN[C@H]2CCCC[C@H]2c2ccccc2)cc1. The van der Waals surface area contributed by atoms with E-state index in [1.165, 1.54) is 36.8 Å². The standard InChI is InChI=1S/C19H23N/c1-3-9-16(10-4-1)15-20-19-14-8-7-13-18(19)17-11-5-2-6-12-17/h1-6,9-12,18-20H,7-8,13-15H2/t18-,19-/m0/s1. The summed E-state index contributed by atoms with van der Waals surface area (Å²) in [6.45, 7) is 0.981. The van der Waals surface area contributed by atoms with Gasteiger partial charge in [-0.2, -0.15) is 0 Å². The zero-order chi connectivity index (χ0) is 13.6. The Hall–Kier alpha value is -1.60. The second-order valence-electron chi connectivity index (χ2n) is 5.77. The Morgan fingerprint density at radius 2 is 1.45 bits per heavy atom. The van der Waals surface area contributed by atoms with Crippen molar-refractivity contribution in [1.82, 2.24) is 5.32 Å². The molecule has 1 N–H and O–H groups in total. The third-order valence-electron chi connectivity index (χ3n) is 4.40. The fourth-order valence-corrected chi connectivity index (χ4v) is 3.32. The van der Waals surface area contributed by atoms with Crippen LogP contribution in [-0.2, 0) is 6.54 Å².